The molecule has 5 heteroatoms. The number of aryl methyl sites for hydroxylation is 1. The summed E-state index contributed by atoms with van der Waals surface area (Å²) in [6.07, 6.45) is 0. The van der Waals surface area contributed by atoms with E-state index in [1.54, 1.807) is 36.4 Å². The SMILES string of the molecule is COc1ccccc1OC(=O)CNC(=O)c1ccccc1C. The summed E-state index contributed by atoms with van der Waals surface area (Å²) in [4.78, 5) is 23.8. The molecule has 0 spiro atoms. The number of carbonyl (C=O) groups excluding carboxylic acids is 2. The van der Waals surface area contributed by atoms with Crippen molar-refractivity contribution < 1.29 is 19.1 Å². The summed E-state index contributed by atoms with van der Waals surface area (Å²) in [5.41, 5.74) is 1.38. The molecule has 0 saturated carbocycles. The van der Waals surface area contributed by atoms with Crippen molar-refractivity contribution in [1.29, 1.82) is 0 Å². The predicted molar refractivity (Wildman–Crippen MR) is 82.1 cm³/mol. The van der Waals surface area contributed by atoms with Crippen molar-refractivity contribution in [2.75, 3.05) is 13.7 Å². The van der Waals surface area contributed by atoms with E-state index < -0.39 is 5.97 Å². The van der Waals surface area contributed by atoms with Gasteiger partial charge in [0.2, 0.25) is 0 Å². The van der Waals surface area contributed by atoms with Gasteiger partial charge in [0.25, 0.3) is 5.91 Å². The number of benzene rings is 2. The molecular formula is C17H17NO4. The van der Waals surface area contributed by atoms with Crippen LogP contribution in [0.4, 0.5) is 0 Å². The van der Waals surface area contributed by atoms with Crippen molar-refractivity contribution in [3.05, 3.63) is 59.7 Å². The van der Waals surface area contributed by atoms with E-state index in [0.717, 1.165) is 5.56 Å². The van der Waals surface area contributed by atoms with Gasteiger partial charge >= 0.3 is 5.97 Å². The van der Waals surface area contributed by atoms with Crippen LogP contribution >= 0.6 is 0 Å². The summed E-state index contributed by atoms with van der Waals surface area (Å²) in [6.45, 7) is 1.62. The number of methoxy groups -OCH3 is 1. The first-order chi connectivity index (χ1) is 10.6. The molecule has 0 atom stereocenters. The summed E-state index contributed by atoms with van der Waals surface area (Å²) in [5, 5.41) is 2.54. The molecule has 0 radical (unpaired) electrons. The molecule has 0 aliphatic carbocycles. The average Bonchev–Trinajstić information content (AvgIpc) is 2.53. The van der Waals surface area contributed by atoms with Crippen LogP contribution in [0.15, 0.2) is 48.5 Å². The minimum Gasteiger partial charge on any atom is -0.493 e. The van der Waals surface area contributed by atoms with Gasteiger partial charge in [-0.25, -0.2) is 4.79 Å². The van der Waals surface area contributed by atoms with Gasteiger partial charge in [-0.1, -0.05) is 30.3 Å². The van der Waals surface area contributed by atoms with Gasteiger partial charge < -0.3 is 14.8 Å². The number of amides is 1. The molecule has 2 rings (SSSR count). The van der Waals surface area contributed by atoms with Crippen LogP contribution in [0.3, 0.4) is 0 Å². The first-order valence-electron chi connectivity index (χ1n) is 6.79. The Balaban J connectivity index is 1.93. The molecule has 2 aromatic carbocycles. The van der Waals surface area contributed by atoms with E-state index in [2.05, 4.69) is 5.32 Å². The highest BCUT2D eigenvalue weighted by Crippen LogP contribution is 2.25. The van der Waals surface area contributed by atoms with Gasteiger partial charge in [0.1, 0.15) is 6.54 Å². The maximum Gasteiger partial charge on any atom is 0.330 e. The van der Waals surface area contributed by atoms with Crippen LogP contribution in [0.25, 0.3) is 0 Å². The van der Waals surface area contributed by atoms with E-state index in [-0.39, 0.29) is 12.5 Å². The Morgan fingerprint density at radius 2 is 1.64 bits per heavy atom. The molecule has 22 heavy (non-hydrogen) atoms. The van der Waals surface area contributed by atoms with Crippen molar-refractivity contribution in [3.8, 4) is 11.5 Å². The predicted octanol–water partition coefficient (Wildman–Crippen LogP) is 2.34. The van der Waals surface area contributed by atoms with Crippen LogP contribution in [-0.4, -0.2) is 25.5 Å². The van der Waals surface area contributed by atoms with Gasteiger partial charge in [-0.3, -0.25) is 4.79 Å². The van der Waals surface area contributed by atoms with Gasteiger partial charge in [-0.15, -0.1) is 0 Å². The van der Waals surface area contributed by atoms with Crippen LogP contribution < -0.4 is 14.8 Å². The lowest BCUT2D eigenvalue weighted by atomic mass is 10.1. The molecule has 0 aromatic heterocycles. The van der Waals surface area contributed by atoms with Gasteiger partial charge in [-0.05, 0) is 30.7 Å². The smallest absolute Gasteiger partial charge is 0.330 e. The van der Waals surface area contributed by atoms with E-state index in [1.807, 2.05) is 19.1 Å². The van der Waals surface area contributed by atoms with Gasteiger partial charge in [0, 0.05) is 5.56 Å². The molecule has 0 bridgehead atoms. The first kappa shape index (κ1) is 15.6. The molecular weight excluding hydrogens is 282 g/mol. The molecule has 114 valence electrons. The normalized spacial score (nSPS) is 9.91. The highest BCUT2D eigenvalue weighted by atomic mass is 16.6. The molecule has 1 amide bonds. The zero-order valence-electron chi connectivity index (χ0n) is 12.5. The van der Waals surface area contributed by atoms with Gasteiger partial charge in [-0.2, -0.15) is 0 Å². The zero-order chi connectivity index (χ0) is 15.9. The Morgan fingerprint density at radius 3 is 2.32 bits per heavy atom. The second kappa shape index (κ2) is 7.26. The van der Waals surface area contributed by atoms with E-state index in [9.17, 15) is 9.59 Å². The summed E-state index contributed by atoms with van der Waals surface area (Å²) in [5.74, 6) is -0.0947. The summed E-state index contributed by atoms with van der Waals surface area (Å²) < 4.78 is 10.3. The Bertz CT molecular complexity index is 682. The number of nitrogens with one attached hydrogen (secondary N) is 1. The molecule has 0 saturated heterocycles. The standard InChI is InChI=1S/C17H17NO4/c1-12-7-3-4-8-13(12)17(20)18-11-16(19)22-15-10-6-5-9-14(15)21-2/h3-10H,11H2,1-2H3,(H,18,20). The molecule has 0 aliphatic heterocycles. The molecule has 5 nitrogen and oxygen atoms in total. The summed E-state index contributed by atoms with van der Waals surface area (Å²) in [6, 6.07) is 14.0. The van der Waals surface area contributed by atoms with E-state index in [1.165, 1.54) is 7.11 Å². The second-order valence-electron chi connectivity index (χ2n) is 4.62. The quantitative estimate of drug-likeness (QED) is 0.680. The van der Waals surface area contributed by atoms with Crippen LogP contribution in [0, 0.1) is 6.92 Å². The van der Waals surface area contributed by atoms with E-state index in [0.29, 0.717) is 17.1 Å². The fraction of sp³-hybridized carbons (Fsp3) is 0.176. The molecule has 0 heterocycles. The number of hydrogen-bond donors (Lipinski definition) is 1. The Kier molecular flexibility index (Phi) is 5.14. The van der Waals surface area contributed by atoms with Crippen LogP contribution in [0.1, 0.15) is 15.9 Å². The molecule has 1 N–H and O–H groups in total. The minimum atomic E-state index is -0.563. The largest absolute Gasteiger partial charge is 0.493 e. The van der Waals surface area contributed by atoms with Crippen LogP contribution in [0.2, 0.25) is 0 Å². The van der Waals surface area contributed by atoms with Crippen LogP contribution in [-0.2, 0) is 4.79 Å². The summed E-state index contributed by atoms with van der Waals surface area (Å²) >= 11 is 0. The lowest BCUT2D eigenvalue weighted by molar-refractivity contribution is -0.133. The molecule has 2 aromatic rings. The Morgan fingerprint density at radius 1 is 1.00 bits per heavy atom. The summed E-state index contributed by atoms with van der Waals surface area (Å²) in [7, 11) is 1.49. The number of rotatable bonds is 5. The molecule has 0 aliphatic rings. The fourth-order valence-corrected chi connectivity index (χ4v) is 1.94. The topological polar surface area (TPSA) is 64.6 Å². The van der Waals surface area contributed by atoms with Crippen molar-refractivity contribution in [2.45, 2.75) is 6.92 Å². The third kappa shape index (κ3) is 3.85. The highest BCUT2D eigenvalue weighted by Gasteiger charge is 2.12. The number of carbonyl (C=O) groups is 2. The van der Waals surface area contributed by atoms with Crippen molar-refractivity contribution >= 4 is 11.9 Å². The monoisotopic (exact) mass is 299 g/mol. The minimum absolute atomic E-state index is 0.217. The number of esters is 1. The maximum absolute atomic E-state index is 12.0. The Hall–Kier alpha value is -2.82. The molecule has 0 fully saturated rings. The lowest BCUT2D eigenvalue weighted by Gasteiger charge is -2.10. The fourth-order valence-electron chi connectivity index (χ4n) is 1.94. The highest BCUT2D eigenvalue weighted by molar-refractivity contribution is 5.97. The average molecular weight is 299 g/mol. The maximum atomic E-state index is 12.0. The zero-order valence-corrected chi connectivity index (χ0v) is 12.5. The van der Waals surface area contributed by atoms with Crippen LogP contribution in [0.5, 0.6) is 11.5 Å². The molecule has 0 unspecified atom stereocenters. The Labute approximate surface area is 128 Å². The lowest BCUT2D eigenvalue weighted by Crippen LogP contribution is -2.32. The third-order valence-corrected chi connectivity index (χ3v) is 3.08. The first-order valence-corrected chi connectivity index (χ1v) is 6.79. The van der Waals surface area contributed by atoms with Gasteiger partial charge in [0.15, 0.2) is 11.5 Å². The number of ether oxygens (including phenoxy) is 2. The van der Waals surface area contributed by atoms with Crippen molar-refractivity contribution in [3.63, 3.8) is 0 Å². The number of para-hydroxylation sites is 2. The van der Waals surface area contributed by atoms with E-state index in [4.69, 9.17) is 9.47 Å². The second-order valence-corrected chi connectivity index (χ2v) is 4.62. The van der Waals surface area contributed by atoms with Gasteiger partial charge in [0.05, 0.1) is 7.11 Å². The third-order valence-electron chi connectivity index (χ3n) is 3.08. The van der Waals surface area contributed by atoms with E-state index >= 15 is 0 Å². The van der Waals surface area contributed by atoms with Crippen molar-refractivity contribution in [1.82, 2.24) is 5.32 Å². The van der Waals surface area contributed by atoms with Crippen molar-refractivity contribution in [2.24, 2.45) is 0 Å². The number of hydrogen-bond acceptors (Lipinski definition) is 4.